The molecule has 0 fully saturated rings. The number of hydrogen-bond donors (Lipinski definition) is 1. The fourth-order valence-corrected chi connectivity index (χ4v) is 2.94. The van der Waals surface area contributed by atoms with E-state index in [1.807, 2.05) is 6.07 Å². The van der Waals surface area contributed by atoms with E-state index in [4.69, 9.17) is 11.0 Å². The second-order valence-electron chi connectivity index (χ2n) is 3.99. The van der Waals surface area contributed by atoms with Crippen LogP contribution >= 0.6 is 0 Å². The van der Waals surface area contributed by atoms with Crippen LogP contribution in [0.5, 0.6) is 0 Å². The summed E-state index contributed by atoms with van der Waals surface area (Å²) in [4.78, 5) is 4.01. The van der Waals surface area contributed by atoms with E-state index in [9.17, 15) is 8.42 Å². The van der Waals surface area contributed by atoms with Gasteiger partial charge in [0.05, 0.1) is 10.6 Å². The molecular weight excluding hydrogens is 262 g/mol. The van der Waals surface area contributed by atoms with Crippen molar-refractivity contribution in [3.63, 3.8) is 0 Å². The summed E-state index contributed by atoms with van der Waals surface area (Å²) >= 11 is 0. The Morgan fingerprint density at radius 1 is 1.21 bits per heavy atom. The second kappa shape index (κ2) is 5.08. The van der Waals surface area contributed by atoms with Crippen LogP contribution in [0.2, 0.25) is 0 Å². The zero-order valence-electron chi connectivity index (χ0n) is 9.95. The van der Waals surface area contributed by atoms with Crippen LogP contribution in [0, 0.1) is 11.3 Å². The summed E-state index contributed by atoms with van der Waals surface area (Å²) < 4.78 is 24.3. The molecule has 0 amide bonds. The molecule has 96 valence electrons. The lowest BCUT2D eigenvalue weighted by atomic mass is 10.2. The number of aromatic nitrogens is 1. The Morgan fingerprint density at radius 3 is 2.53 bits per heavy atom. The standard InChI is InChI=1S/C13H11N3O2S/c14-8-12-7-10(5-6-16-12)9-19(17,18)13-3-1-11(15)2-4-13/h1-7H,9,15H2. The van der Waals surface area contributed by atoms with Gasteiger partial charge in [-0.15, -0.1) is 0 Å². The third-order valence-corrected chi connectivity index (χ3v) is 4.24. The first-order valence-corrected chi connectivity index (χ1v) is 7.10. The number of nitrogens with two attached hydrogens (primary N) is 1. The quantitative estimate of drug-likeness (QED) is 0.855. The first kappa shape index (κ1) is 13.1. The Bertz CT molecular complexity index is 731. The predicted octanol–water partition coefficient (Wildman–Crippen LogP) is 1.51. The fourth-order valence-electron chi connectivity index (χ4n) is 1.60. The van der Waals surface area contributed by atoms with E-state index in [-0.39, 0.29) is 16.3 Å². The van der Waals surface area contributed by atoms with Gasteiger partial charge < -0.3 is 5.73 Å². The molecule has 1 heterocycles. The van der Waals surface area contributed by atoms with Gasteiger partial charge in [0.2, 0.25) is 0 Å². The molecule has 0 atom stereocenters. The van der Waals surface area contributed by atoms with Crippen LogP contribution in [0.15, 0.2) is 47.5 Å². The monoisotopic (exact) mass is 273 g/mol. The number of benzene rings is 1. The van der Waals surface area contributed by atoms with E-state index in [0.717, 1.165) is 0 Å². The zero-order chi connectivity index (χ0) is 13.9. The minimum atomic E-state index is -3.45. The van der Waals surface area contributed by atoms with Crippen molar-refractivity contribution in [2.45, 2.75) is 10.6 Å². The van der Waals surface area contributed by atoms with E-state index >= 15 is 0 Å². The average molecular weight is 273 g/mol. The topological polar surface area (TPSA) is 96.8 Å². The van der Waals surface area contributed by atoms with Gasteiger partial charge in [0.25, 0.3) is 0 Å². The molecule has 0 bridgehead atoms. The molecule has 0 saturated heterocycles. The highest BCUT2D eigenvalue weighted by atomic mass is 32.2. The van der Waals surface area contributed by atoms with Crippen molar-refractivity contribution in [1.82, 2.24) is 4.98 Å². The molecule has 0 aliphatic heterocycles. The van der Waals surface area contributed by atoms with Gasteiger partial charge in [-0.3, -0.25) is 0 Å². The average Bonchev–Trinajstić information content (AvgIpc) is 2.39. The number of pyridine rings is 1. The van der Waals surface area contributed by atoms with Crippen molar-refractivity contribution in [2.75, 3.05) is 5.73 Å². The predicted molar refractivity (Wildman–Crippen MR) is 70.7 cm³/mol. The summed E-state index contributed by atoms with van der Waals surface area (Å²) in [5, 5.41) is 8.73. The fraction of sp³-hybridized carbons (Fsp3) is 0.0769. The van der Waals surface area contributed by atoms with Gasteiger partial charge in [0.15, 0.2) is 9.84 Å². The zero-order valence-corrected chi connectivity index (χ0v) is 10.8. The molecule has 0 aliphatic carbocycles. The van der Waals surface area contributed by atoms with Crippen LogP contribution in [0.3, 0.4) is 0 Å². The summed E-state index contributed by atoms with van der Waals surface area (Å²) in [5.74, 6) is -0.173. The third-order valence-electron chi connectivity index (χ3n) is 2.53. The maximum atomic E-state index is 12.2. The highest BCUT2D eigenvalue weighted by Crippen LogP contribution is 2.17. The van der Waals surface area contributed by atoms with Crippen LogP contribution in [0.4, 0.5) is 5.69 Å². The Kier molecular flexibility index (Phi) is 3.49. The molecule has 0 spiro atoms. The van der Waals surface area contributed by atoms with E-state index < -0.39 is 9.84 Å². The molecular formula is C13H11N3O2S. The maximum Gasteiger partial charge on any atom is 0.182 e. The molecule has 6 heteroatoms. The lowest BCUT2D eigenvalue weighted by Crippen LogP contribution is -2.05. The molecule has 2 aromatic rings. The smallest absolute Gasteiger partial charge is 0.182 e. The molecule has 0 radical (unpaired) electrons. The number of rotatable bonds is 3. The van der Waals surface area contributed by atoms with Gasteiger partial charge in [0.1, 0.15) is 11.8 Å². The molecule has 1 aromatic carbocycles. The number of nitrogens with zero attached hydrogens (tertiary/aromatic N) is 2. The lowest BCUT2D eigenvalue weighted by Gasteiger charge is -2.05. The SMILES string of the molecule is N#Cc1cc(CS(=O)(=O)c2ccc(N)cc2)ccn1. The van der Waals surface area contributed by atoms with E-state index in [1.54, 1.807) is 18.2 Å². The Hall–Kier alpha value is -2.39. The lowest BCUT2D eigenvalue weighted by molar-refractivity contribution is 0.595. The first-order chi connectivity index (χ1) is 9.01. The van der Waals surface area contributed by atoms with E-state index in [2.05, 4.69) is 4.98 Å². The number of nitriles is 1. The number of hydrogen-bond acceptors (Lipinski definition) is 5. The van der Waals surface area contributed by atoms with Crippen LogP contribution in [0.25, 0.3) is 0 Å². The number of anilines is 1. The highest BCUT2D eigenvalue weighted by Gasteiger charge is 2.15. The van der Waals surface area contributed by atoms with E-state index in [1.165, 1.54) is 24.4 Å². The van der Waals surface area contributed by atoms with Crippen LogP contribution < -0.4 is 5.73 Å². The Morgan fingerprint density at radius 2 is 1.89 bits per heavy atom. The van der Waals surface area contributed by atoms with Crippen LogP contribution in [-0.2, 0) is 15.6 Å². The molecule has 19 heavy (non-hydrogen) atoms. The van der Waals surface area contributed by atoms with Crippen molar-refractivity contribution in [3.8, 4) is 6.07 Å². The van der Waals surface area contributed by atoms with Crippen molar-refractivity contribution in [1.29, 1.82) is 5.26 Å². The summed E-state index contributed by atoms with van der Waals surface area (Å²) in [6.45, 7) is 0. The van der Waals surface area contributed by atoms with Crippen molar-refractivity contribution in [3.05, 3.63) is 53.9 Å². The third kappa shape index (κ3) is 3.09. The van der Waals surface area contributed by atoms with Crippen molar-refractivity contribution in [2.24, 2.45) is 0 Å². The van der Waals surface area contributed by atoms with Gasteiger partial charge in [-0.25, -0.2) is 13.4 Å². The summed E-state index contributed by atoms with van der Waals surface area (Å²) in [5.41, 5.74) is 6.76. The van der Waals surface area contributed by atoms with E-state index in [0.29, 0.717) is 11.3 Å². The molecule has 0 unspecified atom stereocenters. The highest BCUT2D eigenvalue weighted by molar-refractivity contribution is 7.90. The summed E-state index contributed by atoms with van der Waals surface area (Å²) in [6.07, 6.45) is 1.42. The second-order valence-corrected chi connectivity index (χ2v) is 5.98. The van der Waals surface area contributed by atoms with Gasteiger partial charge in [-0.2, -0.15) is 5.26 Å². The molecule has 0 aliphatic rings. The minimum Gasteiger partial charge on any atom is -0.399 e. The molecule has 2 rings (SSSR count). The van der Waals surface area contributed by atoms with Crippen LogP contribution in [-0.4, -0.2) is 13.4 Å². The van der Waals surface area contributed by atoms with Gasteiger partial charge in [-0.1, -0.05) is 0 Å². The van der Waals surface area contributed by atoms with Crippen molar-refractivity contribution < 1.29 is 8.42 Å². The summed E-state index contributed by atoms with van der Waals surface area (Å²) in [6, 6.07) is 10.9. The number of nitrogen functional groups attached to an aromatic ring is 1. The number of sulfone groups is 1. The normalized spacial score (nSPS) is 10.9. The molecule has 0 saturated carbocycles. The van der Waals surface area contributed by atoms with Gasteiger partial charge in [0, 0.05) is 11.9 Å². The molecule has 5 nitrogen and oxygen atoms in total. The van der Waals surface area contributed by atoms with Gasteiger partial charge >= 0.3 is 0 Å². The van der Waals surface area contributed by atoms with Crippen LogP contribution in [0.1, 0.15) is 11.3 Å². The largest absolute Gasteiger partial charge is 0.399 e. The maximum absolute atomic E-state index is 12.2. The summed E-state index contributed by atoms with van der Waals surface area (Å²) in [7, 11) is -3.45. The van der Waals surface area contributed by atoms with Crippen molar-refractivity contribution >= 4 is 15.5 Å². The van der Waals surface area contributed by atoms with Gasteiger partial charge in [-0.05, 0) is 42.0 Å². The Labute approximate surface area is 111 Å². The molecule has 2 N–H and O–H groups in total. The molecule has 1 aromatic heterocycles. The Balaban J connectivity index is 2.31. The first-order valence-electron chi connectivity index (χ1n) is 5.44. The minimum absolute atomic E-state index is 0.173.